The standard InChI is InChI=1S/C11H12N.Y/c1-5-10-7-12(4)8-11(6-2)9(10)3;/h1,7H,3,6H2,2,4H3;/q-1;. The van der Waals surface area contributed by atoms with Crippen LogP contribution < -0.4 is 0 Å². The van der Waals surface area contributed by atoms with Gasteiger partial charge in [-0.05, 0) is 7.05 Å². The van der Waals surface area contributed by atoms with E-state index in [1.807, 2.05) is 18.1 Å². The Balaban J connectivity index is 0.00000144. The molecular weight excluding hydrogens is 235 g/mol. The number of hydrogen-bond donors (Lipinski definition) is 0. The van der Waals surface area contributed by atoms with Gasteiger partial charge in [-0.25, -0.2) is 0 Å². The smallest absolute Gasteiger partial charge is 0 e. The zero-order chi connectivity index (χ0) is 9.14. The second-order valence-corrected chi connectivity index (χ2v) is 2.72. The molecule has 0 fully saturated rings. The molecule has 0 saturated heterocycles. The number of hydrogen-bond acceptors (Lipinski definition) is 1. The first-order chi connectivity index (χ1) is 5.69. The van der Waals surface area contributed by atoms with E-state index < -0.39 is 0 Å². The fraction of sp³-hybridized carbons (Fsp3) is 0.273. The molecule has 1 aliphatic heterocycles. The molecule has 0 bridgehead atoms. The third-order valence-corrected chi connectivity index (χ3v) is 1.83. The van der Waals surface area contributed by atoms with E-state index in [1.165, 1.54) is 0 Å². The number of allylic oxidation sites excluding steroid dienone is 3. The molecule has 1 aliphatic rings. The molecule has 2 heteroatoms. The molecule has 65 valence electrons. The number of nitrogens with zero attached hydrogens (tertiary/aromatic N) is 1. The molecule has 1 heterocycles. The predicted octanol–water partition coefficient (Wildman–Crippen LogP) is 2.10. The van der Waals surface area contributed by atoms with Crippen molar-refractivity contribution in [2.45, 2.75) is 13.3 Å². The van der Waals surface area contributed by atoms with Crippen LogP contribution in [0.1, 0.15) is 13.3 Å². The summed E-state index contributed by atoms with van der Waals surface area (Å²) >= 11 is 0. The first-order valence-corrected chi connectivity index (χ1v) is 3.92. The van der Waals surface area contributed by atoms with E-state index in [2.05, 4.69) is 25.6 Å². The van der Waals surface area contributed by atoms with Crippen molar-refractivity contribution in [2.75, 3.05) is 7.05 Å². The maximum atomic E-state index is 5.33. The van der Waals surface area contributed by atoms with E-state index in [4.69, 9.17) is 6.42 Å². The van der Waals surface area contributed by atoms with E-state index in [0.717, 1.165) is 23.1 Å². The Morgan fingerprint density at radius 3 is 2.77 bits per heavy atom. The minimum atomic E-state index is 0. The van der Waals surface area contributed by atoms with Gasteiger partial charge in [-0.2, -0.15) is 0 Å². The van der Waals surface area contributed by atoms with Crippen LogP contribution >= 0.6 is 0 Å². The molecule has 0 atom stereocenters. The summed E-state index contributed by atoms with van der Waals surface area (Å²) in [4.78, 5) is 1.85. The van der Waals surface area contributed by atoms with Crippen LogP contribution in [0.4, 0.5) is 0 Å². The Hall–Kier alpha value is -0.316. The molecule has 0 aromatic heterocycles. The molecule has 13 heavy (non-hydrogen) atoms. The van der Waals surface area contributed by atoms with Crippen LogP contribution in [0.5, 0.6) is 0 Å². The fourth-order valence-electron chi connectivity index (χ4n) is 1.16. The van der Waals surface area contributed by atoms with Crippen molar-refractivity contribution < 1.29 is 32.7 Å². The topological polar surface area (TPSA) is 3.24 Å². The molecule has 0 unspecified atom stereocenters. The Bertz CT molecular complexity index is 305. The summed E-state index contributed by atoms with van der Waals surface area (Å²) in [5.74, 6) is 2.61. The van der Waals surface area contributed by atoms with Crippen molar-refractivity contribution in [1.29, 1.82) is 0 Å². The molecule has 0 saturated carbocycles. The van der Waals surface area contributed by atoms with Gasteiger partial charge >= 0.3 is 0 Å². The number of terminal acetylenes is 1. The van der Waals surface area contributed by atoms with Crippen molar-refractivity contribution in [3.63, 3.8) is 0 Å². The quantitative estimate of drug-likeness (QED) is 0.506. The fourth-order valence-corrected chi connectivity index (χ4v) is 1.16. The molecule has 0 aromatic carbocycles. The average Bonchev–Trinajstić information content (AvgIpc) is 2.08. The third kappa shape index (κ3) is 2.83. The van der Waals surface area contributed by atoms with Crippen LogP contribution in [0.15, 0.2) is 29.5 Å². The van der Waals surface area contributed by atoms with Gasteiger partial charge in [0.1, 0.15) is 0 Å². The van der Waals surface area contributed by atoms with Gasteiger partial charge in [0.25, 0.3) is 0 Å². The van der Waals surface area contributed by atoms with E-state index in [0.29, 0.717) is 0 Å². The first-order valence-electron chi connectivity index (χ1n) is 3.92. The molecule has 0 aromatic rings. The molecular formula is C11H12NY-. The summed E-state index contributed by atoms with van der Waals surface area (Å²) in [7, 11) is 1.92. The second kappa shape index (κ2) is 5.42. The Labute approximate surface area is 105 Å². The van der Waals surface area contributed by atoms with Crippen LogP contribution in [0.2, 0.25) is 0 Å². The zero-order valence-electron chi connectivity index (χ0n) is 8.09. The van der Waals surface area contributed by atoms with Crippen molar-refractivity contribution in [1.82, 2.24) is 4.90 Å². The van der Waals surface area contributed by atoms with E-state index >= 15 is 0 Å². The predicted molar refractivity (Wildman–Crippen MR) is 50.9 cm³/mol. The Kier molecular flexibility index (Phi) is 5.29. The van der Waals surface area contributed by atoms with Gasteiger partial charge in [-0.15, -0.1) is 24.1 Å². The maximum absolute atomic E-state index is 5.33. The van der Waals surface area contributed by atoms with Crippen LogP contribution in [-0.4, -0.2) is 11.9 Å². The van der Waals surface area contributed by atoms with Crippen molar-refractivity contribution in [3.05, 3.63) is 35.7 Å². The van der Waals surface area contributed by atoms with Gasteiger partial charge in [0.2, 0.25) is 0 Å². The molecule has 1 nitrogen and oxygen atoms in total. The minimum absolute atomic E-state index is 0. The van der Waals surface area contributed by atoms with Gasteiger partial charge in [0, 0.05) is 32.7 Å². The third-order valence-electron chi connectivity index (χ3n) is 1.83. The van der Waals surface area contributed by atoms with Crippen LogP contribution in [0.3, 0.4) is 0 Å². The molecule has 0 spiro atoms. The normalized spacial score (nSPS) is 15.5. The largest absolute Gasteiger partial charge is 0.462 e. The molecule has 0 amide bonds. The van der Waals surface area contributed by atoms with E-state index in [1.54, 1.807) is 0 Å². The molecule has 1 rings (SSSR count). The zero-order valence-corrected chi connectivity index (χ0v) is 10.9. The summed E-state index contributed by atoms with van der Waals surface area (Å²) in [6, 6.07) is 0. The van der Waals surface area contributed by atoms with Crippen LogP contribution in [0.25, 0.3) is 0 Å². The van der Waals surface area contributed by atoms with Crippen molar-refractivity contribution in [2.24, 2.45) is 0 Å². The van der Waals surface area contributed by atoms with E-state index in [9.17, 15) is 0 Å². The Morgan fingerprint density at radius 2 is 2.31 bits per heavy atom. The second-order valence-electron chi connectivity index (χ2n) is 2.72. The molecule has 0 N–H and O–H groups in total. The monoisotopic (exact) mass is 247 g/mol. The van der Waals surface area contributed by atoms with Gasteiger partial charge in [0.15, 0.2) is 0 Å². The molecule has 1 radical (unpaired) electrons. The van der Waals surface area contributed by atoms with Crippen LogP contribution in [0, 0.1) is 18.5 Å². The first kappa shape index (κ1) is 12.7. The summed E-state index contributed by atoms with van der Waals surface area (Å²) in [5.41, 5.74) is 2.87. The average molecular weight is 247 g/mol. The summed E-state index contributed by atoms with van der Waals surface area (Å²) in [6.07, 6.45) is 11.3. The van der Waals surface area contributed by atoms with Gasteiger partial charge in [0.05, 0.1) is 0 Å². The summed E-state index contributed by atoms with van der Waals surface area (Å²) in [6.45, 7) is 5.99. The number of rotatable bonds is 1. The summed E-state index contributed by atoms with van der Waals surface area (Å²) < 4.78 is 0. The minimum Gasteiger partial charge on any atom is -0.462 e. The van der Waals surface area contributed by atoms with Gasteiger partial charge < -0.3 is 4.90 Å². The Morgan fingerprint density at radius 1 is 1.69 bits per heavy atom. The van der Waals surface area contributed by atoms with Crippen molar-refractivity contribution in [3.8, 4) is 12.3 Å². The summed E-state index contributed by atoms with van der Waals surface area (Å²) in [5, 5.41) is 0. The maximum Gasteiger partial charge on any atom is 0 e. The van der Waals surface area contributed by atoms with Crippen LogP contribution in [-0.2, 0) is 32.7 Å². The van der Waals surface area contributed by atoms with E-state index in [-0.39, 0.29) is 32.7 Å². The SMILES string of the molecule is C#CC1=CN(C)[C-]=C(CC)C1=C.[Y]. The van der Waals surface area contributed by atoms with Gasteiger partial charge in [-0.3, -0.25) is 0 Å². The van der Waals surface area contributed by atoms with Gasteiger partial charge in [-0.1, -0.05) is 37.2 Å². The van der Waals surface area contributed by atoms with Crippen molar-refractivity contribution >= 4 is 0 Å². The molecule has 0 aliphatic carbocycles.